The van der Waals surface area contributed by atoms with E-state index < -0.39 is 5.97 Å². The molecule has 1 saturated carbocycles. The Labute approximate surface area is 66.8 Å². The van der Waals surface area contributed by atoms with Crippen molar-refractivity contribution in [3.8, 4) is 0 Å². The zero-order valence-corrected chi connectivity index (χ0v) is 6.84. The van der Waals surface area contributed by atoms with Gasteiger partial charge in [-0.25, -0.2) is 0 Å². The van der Waals surface area contributed by atoms with Crippen molar-refractivity contribution in [1.82, 2.24) is 5.32 Å². The lowest BCUT2D eigenvalue weighted by molar-refractivity contribution is -0.139. The maximum absolute atomic E-state index is 10.6. The van der Waals surface area contributed by atoms with Crippen LogP contribution in [0, 0.1) is 0 Å². The van der Waals surface area contributed by atoms with Gasteiger partial charge in [0.1, 0.15) is 6.04 Å². The summed E-state index contributed by atoms with van der Waals surface area (Å²) in [6, 6.07) is 0.176. The van der Waals surface area contributed by atoms with Gasteiger partial charge in [0.25, 0.3) is 0 Å². The molecule has 3 nitrogen and oxygen atoms in total. The Kier molecular flexibility index (Phi) is 2.88. The van der Waals surface area contributed by atoms with E-state index in [1.165, 1.54) is 0 Å². The van der Waals surface area contributed by atoms with Crippen LogP contribution in [0.1, 0.15) is 32.6 Å². The Morgan fingerprint density at radius 2 is 2.36 bits per heavy atom. The second kappa shape index (κ2) is 3.72. The first-order chi connectivity index (χ1) is 5.24. The van der Waals surface area contributed by atoms with Gasteiger partial charge in [-0.3, -0.25) is 4.79 Å². The van der Waals surface area contributed by atoms with E-state index in [0.717, 1.165) is 25.7 Å². The summed E-state index contributed by atoms with van der Waals surface area (Å²) in [6.07, 6.45) is 3.96. The van der Waals surface area contributed by atoms with E-state index in [1.54, 1.807) is 0 Å². The van der Waals surface area contributed by atoms with Gasteiger partial charge in [0.2, 0.25) is 0 Å². The normalized spacial score (nSPS) is 19.7. The van der Waals surface area contributed by atoms with Gasteiger partial charge in [0.05, 0.1) is 0 Å². The molecule has 1 aliphatic carbocycles. The minimum Gasteiger partial charge on any atom is -0.480 e. The molecule has 0 bridgehead atoms. The van der Waals surface area contributed by atoms with Gasteiger partial charge in [-0.15, -0.1) is 0 Å². The third kappa shape index (κ3) is 2.89. The molecule has 0 heterocycles. The molecule has 0 aromatic rings. The molecule has 1 unspecified atom stereocenters. The molecule has 0 aliphatic heterocycles. The fraction of sp³-hybridized carbons (Fsp3) is 0.875. The highest BCUT2D eigenvalue weighted by molar-refractivity contribution is 5.73. The molecule has 3 heteroatoms. The second-order valence-electron chi connectivity index (χ2n) is 3.12. The van der Waals surface area contributed by atoms with Crippen LogP contribution in [0.25, 0.3) is 0 Å². The highest BCUT2D eigenvalue weighted by atomic mass is 16.4. The van der Waals surface area contributed by atoms with Gasteiger partial charge >= 0.3 is 5.97 Å². The largest absolute Gasteiger partial charge is 0.480 e. The van der Waals surface area contributed by atoms with Gasteiger partial charge in [-0.1, -0.05) is 13.3 Å². The SMILES string of the molecule is CCCC(NC1CC1)C(=O)O. The first-order valence-corrected chi connectivity index (χ1v) is 4.23. The Morgan fingerprint density at radius 3 is 2.73 bits per heavy atom. The van der Waals surface area contributed by atoms with Gasteiger partial charge in [0, 0.05) is 6.04 Å². The maximum atomic E-state index is 10.6. The predicted octanol–water partition coefficient (Wildman–Crippen LogP) is 0.992. The Balaban J connectivity index is 2.24. The van der Waals surface area contributed by atoms with E-state index in [4.69, 9.17) is 5.11 Å². The molecule has 1 fully saturated rings. The Bertz CT molecular complexity index is 143. The van der Waals surface area contributed by atoms with Crippen LogP contribution in [0.4, 0.5) is 0 Å². The van der Waals surface area contributed by atoms with E-state index in [1.807, 2.05) is 6.92 Å². The quantitative estimate of drug-likeness (QED) is 0.625. The molecule has 1 aliphatic rings. The number of nitrogens with one attached hydrogen (secondary N) is 1. The molecule has 0 saturated heterocycles. The summed E-state index contributed by atoms with van der Waals surface area (Å²) >= 11 is 0. The minimum absolute atomic E-state index is 0.313. The van der Waals surface area contributed by atoms with Crippen molar-refractivity contribution in [3.63, 3.8) is 0 Å². The van der Waals surface area contributed by atoms with Crippen molar-refractivity contribution in [2.45, 2.75) is 44.7 Å². The monoisotopic (exact) mass is 157 g/mol. The van der Waals surface area contributed by atoms with Crippen molar-refractivity contribution in [1.29, 1.82) is 0 Å². The van der Waals surface area contributed by atoms with Crippen LogP contribution in [-0.4, -0.2) is 23.2 Å². The van der Waals surface area contributed by atoms with Crippen LogP contribution in [0.5, 0.6) is 0 Å². The standard InChI is InChI=1S/C8H15NO2/c1-2-3-7(8(10)11)9-6-4-5-6/h6-7,9H,2-5H2,1H3,(H,10,11). The highest BCUT2D eigenvalue weighted by Gasteiger charge is 2.27. The van der Waals surface area contributed by atoms with Gasteiger partial charge in [-0.2, -0.15) is 0 Å². The molecule has 0 spiro atoms. The molecule has 2 N–H and O–H groups in total. The van der Waals surface area contributed by atoms with Crippen molar-refractivity contribution in [3.05, 3.63) is 0 Å². The molecule has 0 radical (unpaired) electrons. The number of carboxylic acid groups (broad SMARTS) is 1. The van der Waals surface area contributed by atoms with Crippen molar-refractivity contribution >= 4 is 5.97 Å². The van der Waals surface area contributed by atoms with Crippen LogP contribution in [0.3, 0.4) is 0 Å². The second-order valence-corrected chi connectivity index (χ2v) is 3.12. The lowest BCUT2D eigenvalue weighted by Gasteiger charge is -2.11. The number of carbonyl (C=O) groups is 1. The molecule has 11 heavy (non-hydrogen) atoms. The van der Waals surface area contributed by atoms with E-state index in [2.05, 4.69) is 5.32 Å². The fourth-order valence-electron chi connectivity index (χ4n) is 1.10. The van der Waals surface area contributed by atoms with E-state index >= 15 is 0 Å². The molecule has 0 aromatic heterocycles. The average Bonchev–Trinajstić information content (AvgIpc) is 2.70. The van der Waals surface area contributed by atoms with Gasteiger partial charge in [0.15, 0.2) is 0 Å². The smallest absolute Gasteiger partial charge is 0.320 e. The minimum atomic E-state index is -0.709. The van der Waals surface area contributed by atoms with Crippen LogP contribution in [-0.2, 0) is 4.79 Å². The fourth-order valence-corrected chi connectivity index (χ4v) is 1.10. The third-order valence-electron chi connectivity index (χ3n) is 1.89. The summed E-state index contributed by atoms with van der Waals surface area (Å²) in [6.45, 7) is 2.00. The zero-order chi connectivity index (χ0) is 8.27. The summed E-state index contributed by atoms with van der Waals surface area (Å²) in [4.78, 5) is 10.6. The van der Waals surface area contributed by atoms with Crippen LogP contribution in [0.2, 0.25) is 0 Å². The van der Waals surface area contributed by atoms with Gasteiger partial charge in [-0.05, 0) is 19.3 Å². The maximum Gasteiger partial charge on any atom is 0.320 e. The van der Waals surface area contributed by atoms with Crippen LogP contribution < -0.4 is 5.32 Å². The molecule has 1 atom stereocenters. The highest BCUT2D eigenvalue weighted by Crippen LogP contribution is 2.20. The number of hydrogen-bond donors (Lipinski definition) is 2. The summed E-state index contributed by atoms with van der Waals surface area (Å²) in [5.74, 6) is -0.709. The molecule has 1 rings (SSSR count). The summed E-state index contributed by atoms with van der Waals surface area (Å²) < 4.78 is 0. The molecule has 64 valence electrons. The predicted molar refractivity (Wildman–Crippen MR) is 42.5 cm³/mol. The van der Waals surface area contributed by atoms with E-state index in [-0.39, 0.29) is 6.04 Å². The summed E-state index contributed by atoms with van der Waals surface area (Å²) in [5, 5.41) is 11.8. The van der Waals surface area contributed by atoms with E-state index in [9.17, 15) is 4.79 Å². The molecule has 0 amide bonds. The zero-order valence-electron chi connectivity index (χ0n) is 6.84. The first kappa shape index (κ1) is 8.53. The molecular weight excluding hydrogens is 142 g/mol. The average molecular weight is 157 g/mol. The van der Waals surface area contributed by atoms with Crippen LogP contribution in [0.15, 0.2) is 0 Å². The number of aliphatic carboxylic acids is 1. The third-order valence-corrected chi connectivity index (χ3v) is 1.89. The summed E-state index contributed by atoms with van der Waals surface area (Å²) in [5.41, 5.74) is 0. The summed E-state index contributed by atoms with van der Waals surface area (Å²) in [7, 11) is 0. The first-order valence-electron chi connectivity index (χ1n) is 4.23. The van der Waals surface area contributed by atoms with Crippen LogP contribution >= 0.6 is 0 Å². The molecular formula is C8H15NO2. The molecule has 0 aromatic carbocycles. The van der Waals surface area contributed by atoms with Crippen molar-refractivity contribution in [2.75, 3.05) is 0 Å². The Hall–Kier alpha value is -0.570. The number of hydrogen-bond acceptors (Lipinski definition) is 2. The Morgan fingerprint density at radius 1 is 1.73 bits per heavy atom. The number of carboxylic acids is 1. The van der Waals surface area contributed by atoms with Crippen molar-refractivity contribution in [2.24, 2.45) is 0 Å². The lowest BCUT2D eigenvalue weighted by Crippen LogP contribution is -2.37. The van der Waals surface area contributed by atoms with E-state index in [0.29, 0.717) is 6.04 Å². The topological polar surface area (TPSA) is 49.3 Å². The lowest BCUT2D eigenvalue weighted by atomic mass is 10.2. The van der Waals surface area contributed by atoms with Gasteiger partial charge < -0.3 is 10.4 Å². The van der Waals surface area contributed by atoms with Crippen molar-refractivity contribution < 1.29 is 9.90 Å². The number of rotatable bonds is 5.